The summed E-state index contributed by atoms with van der Waals surface area (Å²) >= 11 is 0. The first-order chi connectivity index (χ1) is 21.4. The zero-order chi connectivity index (χ0) is 35.7. The largest absolute Gasteiger partial charge is 0.481 e. The summed E-state index contributed by atoms with van der Waals surface area (Å²) < 4.78 is 10.9. The fraction of sp³-hybridized carbons (Fsp3) is 0.750. The van der Waals surface area contributed by atoms with Gasteiger partial charge in [-0.25, -0.2) is 0 Å². The molecule has 0 heterocycles. The van der Waals surface area contributed by atoms with E-state index in [2.05, 4.69) is 0 Å². The molecule has 0 unspecified atom stereocenters. The minimum absolute atomic E-state index is 0.0515. The molecular formula is C36H50O11. The topological polar surface area (TPSA) is 178 Å². The van der Waals surface area contributed by atoms with E-state index < -0.39 is 80.9 Å². The van der Waals surface area contributed by atoms with E-state index >= 15 is 0 Å². The van der Waals surface area contributed by atoms with Crippen molar-refractivity contribution in [2.24, 2.45) is 39.4 Å². The standard InChI is InChI=1S/C36H50O11/c1-19(37)47-31(2,3)15-14-25(39)36(9,45)29-22(38)17-33(6)24-11-10-20-21(35(24,8)26(40)18-34(29,33)7)16-23(30(44)32(20,4)5)46-28(43)13-12-27(41)42/h10,21,23-24,29,45H,11-18H2,1-9H3,(H,41,42)/t21-,23+,24+,29+,33+,34-,35+,36+/m1/s1. The summed E-state index contributed by atoms with van der Waals surface area (Å²) in [6, 6.07) is 0. The van der Waals surface area contributed by atoms with E-state index in [0.29, 0.717) is 6.42 Å². The first-order valence-corrected chi connectivity index (χ1v) is 16.5. The van der Waals surface area contributed by atoms with Gasteiger partial charge >= 0.3 is 17.9 Å². The molecule has 0 amide bonds. The second-order valence-electron chi connectivity index (χ2n) is 16.3. The van der Waals surface area contributed by atoms with Crippen molar-refractivity contribution < 1.29 is 53.2 Å². The minimum Gasteiger partial charge on any atom is -0.481 e. The minimum atomic E-state index is -2.08. The maximum atomic E-state index is 14.6. The number of carboxylic acid groups (broad SMARTS) is 1. The van der Waals surface area contributed by atoms with Gasteiger partial charge in [-0.3, -0.25) is 33.6 Å². The maximum Gasteiger partial charge on any atom is 0.307 e. The van der Waals surface area contributed by atoms with Crippen LogP contribution in [0.15, 0.2) is 11.6 Å². The van der Waals surface area contributed by atoms with Crippen LogP contribution in [0.1, 0.15) is 114 Å². The third-order valence-electron chi connectivity index (χ3n) is 12.5. The molecule has 4 rings (SSSR count). The highest BCUT2D eigenvalue weighted by molar-refractivity contribution is 6.00. The van der Waals surface area contributed by atoms with Crippen LogP contribution in [0.25, 0.3) is 0 Å². The molecule has 0 bridgehead atoms. The zero-order valence-electron chi connectivity index (χ0n) is 29.1. The van der Waals surface area contributed by atoms with Crippen molar-refractivity contribution in [1.29, 1.82) is 0 Å². The van der Waals surface area contributed by atoms with Gasteiger partial charge in [0, 0.05) is 37.0 Å². The van der Waals surface area contributed by atoms with Gasteiger partial charge in [0.25, 0.3) is 0 Å². The van der Waals surface area contributed by atoms with Gasteiger partial charge in [-0.2, -0.15) is 0 Å². The highest BCUT2D eigenvalue weighted by atomic mass is 16.6. The Hall–Kier alpha value is -3.21. The lowest BCUT2D eigenvalue weighted by Gasteiger charge is -2.64. The number of fused-ring (bicyclic) bond motifs is 5. The molecule has 0 aromatic carbocycles. The number of hydrogen-bond donors (Lipinski definition) is 2. The number of rotatable bonds is 10. The lowest BCUT2D eigenvalue weighted by molar-refractivity contribution is -0.185. The van der Waals surface area contributed by atoms with Crippen molar-refractivity contribution in [3.8, 4) is 0 Å². The second-order valence-corrected chi connectivity index (χ2v) is 16.3. The van der Waals surface area contributed by atoms with Crippen molar-refractivity contribution >= 4 is 41.0 Å². The molecule has 260 valence electrons. The van der Waals surface area contributed by atoms with Gasteiger partial charge in [0.2, 0.25) is 0 Å². The summed E-state index contributed by atoms with van der Waals surface area (Å²) in [5.41, 5.74) is -6.21. The Morgan fingerprint density at radius 3 is 2.13 bits per heavy atom. The van der Waals surface area contributed by atoms with E-state index in [0.717, 1.165) is 5.57 Å². The third kappa shape index (κ3) is 5.80. The number of aliphatic hydroxyl groups is 1. The van der Waals surface area contributed by atoms with Gasteiger partial charge in [0.1, 0.15) is 22.8 Å². The number of ketones is 4. The Bertz CT molecular complexity index is 1450. The van der Waals surface area contributed by atoms with Gasteiger partial charge < -0.3 is 19.7 Å². The van der Waals surface area contributed by atoms with Crippen LogP contribution in [0, 0.1) is 39.4 Å². The highest BCUT2D eigenvalue weighted by Gasteiger charge is 2.75. The predicted molar refractivity (Wildman–Crippen MR) is 168 cm³/mol. The van der Waals surface area contributed by atoms with Crippen LogP contribution in [-0.4, -0.2) is 68.6 Å². The van der Waals surface area contributed by atoms with Crippen molar-refractivity contribution in [3.63, 3.8) is 0 Å². The monoisotopic (exact) mass is 658 g/mol. The van der Waals surface area contributed by atoms with E-state index in [-0.39, 0.29) is 61.8 Å². The van der Waals surface area contributed by atoms with Gasteiger partial charge in [0.15, 0.2) is 17.7 Å². The van der Waals surface area contributed by atoms with Gasteiger partial charge in [-0.15, -0.1) is 0 Å². The number of hydrogen-bond acceptors (Lipinski definition) is 10. The fourth-order valence-corrected chi connectivity index (χ4v) is 9.87. The van der Waals surface area contributed by atoms with Crippen molar-refractivity contribution in [1.82, 2.24) is 0 Å². The first kappa shape index (κ1) is 36.6. The quantitative estimate of drug-likeness (QED) is 0.252. The van der Waals surface area contributed by atoms with Crippen molar-refractivity contribution in [2.75, 3.05) is 0 Å². The van der Waals surface area contributed by atoms with E-state index in [1.807, 2.05) is 26.8 Å². The van der Waals surface area contributed by atoms with Crippen LogP contribution in [0.3, 0.4) is 0 Å². The summed E-state index contributed by atoms with van der Waals surface area (Å²) in [7, 11) is 0. The number of allylic oxidation sites excluding steroid dienone is 2. The Morgan fingerprint density at radius 2 is 1.55 bits per heavy atom. The second kappa shape index (κ2) is 11.7. The Labute approximate surface area is 276 Å². The zero-order valence-corrected chi connectivity index (χ0v) is 29.1. The Balaban J connectivity index is 1.68. The number of aliphatic carboxylic acids is 1. The summed E-state index contributed by atoms with van der Waals surface area (Å²) in [4.78, 5) is 90.9. The predicted octanol–water partition coefficient (Wildman–Crippen LogP) is 4.35. The van der Waals surface area contributed by atoms with Crippen LogP contribution < -0.4 is 0 Å². The molecule has 4 aliphatic rings. The highest BCUT2D eigenvalue weighted by Crippen LogP contribution is 2.73. The smallest absolute Gasteiger partial charge is 0.307 e. The van der Waals surface area contributed by atoms with Crippen molar-refractivity contribution in [2.45, 2.75) is 131 Å². The molecule has 0 aromatic rings. The van der Waals surface area contributed by atoms with E-state index in [9.17, 15) is 38.7 Å². The molecule has 0 aromatic heterocycles. The SMILES string of the molecule is CC(=O)OC(C)(C)CCC(=O)[C@](C)(O)[C@H]1C(=O)C[C@@]2(C)[C@@H]3CC=C4[C@@H](C[C@H](OC(=O)CCC(=O)O)C(=O)C4(C)C)[C@]3(C)C(=O)C[C@]12C. The number of Topliss-reactive ketones (excluding diaryl/α,β-unsaturated/α-hetero) is 4. The van der Waals surface area contributed by atoms with E-state index in [4.69, 9.17) is 14.6 Å². The number of ether oxygens (including phenoxy) is 2. The molecule has 11 nitrogen and oxygen atoms in total. The van der Waals surface area contributed by atoms with Crippen LogP contribution >= 0.6 is 0 Å². The molecule has 0 spiro atoms. The van der Waals surface area contributed by atoms with Gasteiger partial charge in [0.05, 0.1) is 18.8 Å². The van der Waals surface area contributed by atoms with Gasteiger partial charge in [-0.1, -0.05) is 32.4 Å². The molecule has 47 heavy (non-hydrogen) atoms. The summed E-state index contributed by atoms with van der Waals surface area (Å²) in [6.45, 7) is 15.1. The van der Waals surface area contributed by atoms with E-state index in [1.54, 1.807) is 27.7 Å². The van der Waals surface area contributed by atoms with Crippen LogP contribution in [0.2, 0.25) is 0 Å². The third-order valence-corrected chi connectivity index (χ3v) is 12.5. The molecule has 11 heteroatoms. The molecular weight excluding hydrogens is 608 g/mol. The summed E-state index contributed by atoms with van der Waals surface area (Å²) in [5.74, 6) is -5.77. The maximum absolute atomic E-state index is 14.6. The molecule has 3 saturated carbocycles. The number of esters is 2. The van der Waals surface area contributed by atoms with E-state index in [1.165, 1.54) is 13.8 Å². The molecule has 8 atom stereocenters. The summed E-state index contributed by atoms with van der Waals surface area (Å²) in [5, 5.41) is 20.8. The average molecular weight is 659 g/mol. The Kier molecular flexibility index (Phi) is 9.15. The van der Waals surface area contributed by atoms with Crippen LogP contribution in [0.5, 0.6) is 0 Å². The average Bonchev–Trinajstić information content (AvgIpc) is 3.13. The summed E-state index contributed by atoms with van der Waals surface area (Å²) in [6.07, 6.45) is 0.461. The number of carboxylic acids is 1. The van der Waals surface area contributed by atoms with Crippen LogP contribution in [0.4, 0.5) is 0 Å². The normalized spacial score (nSPS) is 35.9. The molecule has 0 saturated heterocycles. The fourth-order valence-electron chi connectivity index (χ4n) is 9.87. The number of carbonyl (C=O) groups is 7. The number of carbonyl (C=O) groups excluding carboxylic acids is 6. The lowest BCUT2D eigenvalue weighted by atomic mass is 9.38. The first-order valence-electron chi connectivity index (χ1n) is 16.5. The molecule has 0 radical (unpaired) electrons. The van der Waals surface area contributed by atoms with Crippen LogP contribution in [-0.2, 0) is 43.0 Å². The Morgan fingerprint density at radius 1 is 0.936 bits per heavy atom. The molecule has 0 aliphatic heterocycles. The van der Waals surface area contributed by atoms with Crippen molar-refractivity contribution in [3.05, 3.63) is 11.6 Å². The molecule has 4 aliphatic carbocycles. The lowest BCUT2D eigenvalue weighted by Crippen LogP contribution is -2.65. The molecule has 3 fully saturated rings. The molecule has 2 N–H and O–H groups in total. The van der Waals surface area contributed by atoms with Gasteiger partial charge in [-0.05, 0) is 76.5 Å².